The monoisotopic (exact) mass is 262 g/mol. The Balaban J connectivity index is 1.89. The molecule has 0 bridgehead atoms. The van der Waals surface area contributed by atoms with Crippen molar-refractivity contribution in [2.45, 2.75) is 44.6 Å². The maximum absolute atomic E-state index is 11.9. The van der Waals surface area contributed by atoms with Gasteiger partial charge in [0.25, 0.3) is 0 Å². The molecule has 0 unspecified atom stereocenters. The first-order valence-electron chi connectivity index (χ1n) is 6.93. The largest absolute Gasteiger partial charge is 0.494 e. The molecule has 1 aliphatic carbocycles. The molecule has 1 saturated carbocycles. The number of benzene rings is 1. The van der Waals surface area contributed by atoms with Crippen LogP contribution in [-0.2, 0) is 4.79 Å². The molecule has 0 aliphatic heterocycles. The van der Waals surface area contributed by atoms with Gasteiger partial charge >= 0.3 is 0 Å². The van der Waals surface area contributed by atoms with Gasteiger partial charge in [0.2, 0.25) is 5.91 Å². The molecule has 0 atom stereocenters. The highest BCUT2D eigenvalue weighted by Crippen LogP contribution is 2.32. The van der Waals surface area contributed by atoms with Gasteiger partial charge in [-0.3, -0.25) is 4.79 Å². The molecule has 0 radical (unpaired) electrons. The Labute approximate surface area is 114 Å². The zero-order chi connectivity index (χ0) is 13.7. The summed E-state index contributed by atoms with van der Waals surface area (Å²) in [6.07, 6.45) is 4.38. The summed E-state index contributed by atoms with van der Waals surface area (Å²) in [4.78, 5) is 11.9. The van der Waals surface area contributed by atoms with Crippen molar-refractivity contribution in [2.75, 3.05) is 11.9 Å². The normalized spacial score (nSPS) is 16.5. The van der Waals surface area contributed by atoms with E-state index in [2.05, 4.69) is 12.2 Å². The Bertz CT molecular complexity index is 442. The van der Waals surface area contributed by atoms with Crippen LogP contribution in [0.25, 0.3) is 0 Å². The number of hydrogen-bond donors (Lipinski definition) is 2. The van der Waals surface area contributed by atoms with E-state index in [1.807, 2.05) is 24.3 Å². The van der Waals surface area contributed by atoms with Gasteiger partial charge in [-0.1, -0.05) is 13.0 Å². The van der Waals surface area contributed by atoms with Crippen LogP contribution in [0.5, 0.6) is 5.75 Å². The van der Waals surface area contributed by atoms with E-state index in [0.29, 0.717) is 13.0 Å². The van der Waals surface area contributed by atoms with Gasteiger partial charge in [-0.15, -0.1) is 0 Å². The van der Waals surface area contributed by atoms with Crippen LogP contribution in [-0.4, -0.2) is 18.1 Å². The third-order valence-corrected chi connectivity index (χ3v) is 3.45. The van der Waals surface area contributed by atoms with E-state index in [4.69, 9.17) is 10.5 Å². The minimum atomic E-state index is -0.277. The first-order chi connectivity index (χ1) is 9.11. The maximum atomic E-state index is 11.9. The van der Waals surface area contributed by atoms with Crippen molar-refractivity contribution in [1.82, 2.24) is 0 Å². The summed E-state index contributed by atoms with van der Waals surface area (Å²) in [5.74, 6) is 0.764. The van der Waals surface area contributed by atoms with Gasteiger partial charge < -0.3 is 15.8 Å². The molecule has 4 heteroatoms. The number of hydrogen-bond acceptors (Lipinski definition) is 3. The Morgan fingerprint density at radius 2 is 2.26 bits per heavy atom. The van der Waals surface area contributed by atoms with E-state index in [1.165, 1.54) is 0 Å². The molecule has 2 rings (SSSR count). The zero-order valence-electron chi connectivity index (χ0n) is 11.4. The number of carbonyl (C=O) groups is 1. The van der Waals surface area contributed by atoms with E-state index in [0.717, 1.165) is 37.1 Å². The van der Waals surface area contributed by atoms with Crippen LogP contribution in [0.15, 0.2) is 24.3 Å². The summed E-state index contributed by atoms with van der Waals surface area (Å²) in [5, 5.41) is 2.88. The highest BCUT2D eigenvalue weighted by atomic mass is 16.5. The standard InChI is InChI=1S/C15H22N2O2/c1-2-9-19-13-6-3-5-12(10-13)17-14(18)11-15(16)7-4-8-15/h3,5-6,10H,2,4,7-9,11,16H2,1H3,(H,17,18). The predicted molar refractivity (Wildman–Crippen MR) is 76.2 cm³/mol. The fourth-order valence-electron chi connectivity index (χ4n) is 2.22. The number of carbonyl (C=O) groups excluding carboxylic acids is 1. The molecular weight excluding hydrogens is 240 g/mol. The summed E-state index contributed by atoms with van der Waals surface area (Å²) >= 11 is 0. The molecule has 1 fully saturated rings. The molecule has 4 nitrogen and oxygen atoms in total. The van der Waals surface area contributed by atoms with E-state index in [-0.39, 0.29) is 11.4 Å². The SMILES string of the molecule is CCCOc1cccc(NC(=O)CC2(N)CCC2)c1. The van der Waals surface area contributed by atoms with Crippen molar-refractivity contribution in [2.24, 2.45) is 5.73 Å². The molecule has 0 spiro atoms. The Kier molecular flexibility index (Phi) is 4.43. The predicted octanol–water partition coefficient (Wildman–Crippen LogP) is 2.69. The van der Waals surface area contributed by atoms with Crippen LogP contribution in [0.2, 0.25) is 0 Å². The van der Waals surface area contributed by atoms with E-state index in [1.54, 1.807) is 0 Å². The van der Waals surface area contributed by atoms with Crippen LogP contribution >= 0.6 is 0 Å². The lowest BCUT2D eigenvalue weighted by atomic mass is 9.75. The summed E-state index contributed by atoms with van der Waals surface area (Å²) in [5.41, 5.74) is 6.56. The highest BCUT2D eigenvalue weighted by Gasteiger charge is 2.34. The molecule has 3 N–H and O–H groups in total. The third-order valence-electron chi connectivity index (χ3n) is 3.45. The van der Waals surface area contributed by atoms with Crippen molar-refractivity contribution >= 4 is 11.6 Å². The molecule has 1 aromatic carbocycles. The first-order valence-corrected chi connectivity index (χ1v) is 6.93. The average Bonchev–Trinajstić information content (AvgIpc) is 2.34. The average molecular weight is 262 g/mol. The molecule has 104 valence electrons. The molecule has 1 aliphatic rings. The lowest BCUT2D eigenvalue weighted by Gasteiger charge is -2.37. The number of nitrogens with two attached hydrogens (primary N) is 1. The van der Waals surface area contributed by atoms with Gasteiger partial charge in [-0.2, -0.15) is 0 Å². The van der Waals surface area contributed by atoms with Gasteiger partial charge in [-0.25, -0.2) is 0 Å². The van der Waals surface area contributed by atoms with E-state index < -0.39 is 0 Å². The fourth-order valence-corrected chi connectivity index (χ4v) is 2.22. The van der Waals surface area contributed by atoms with Gasteiger partial charge in [0, 0.05) is 23.7 Å². The number of amides is 1. The molecule has 0 heterocycles. The van der Waals surface area contributed by atoms with Crippen molar-refractivity contribution in [3.8, 4) is 5.75 Å². The maximum Gasteiger partial charge on any atom is 0.226 e. The van der Waals surface area contributed by atoms with Gasteiger partial charge in [0.1, 0.15) is 5.75 Å². The van der Waals surface area contributed by atoms with E-state index >= 15 is 0 Å². The Morgan fingerprint density at radius 3 is 2.89 bits per heavy atom. The zero-order valence-corrected chi connectivity index (χ0v) is 11.4. The van der Waals surface area contributed by atoms with Crippen LogP contribution in [0.1, 0.15) is 39.0 Å². The van der Waals surface area contributed by atoms with Crippen LogP contribution in [0.3, 0.4) is 0 Å². The van der Waals surface area contributed by atoms with Gasteiger partial charge in [-0.05, 0) is 37.8 Å². The first kappa shape index (κ1) is 13.9. The smallest absolute Gasteiger partial charge is 0.226 e. The summed E-state index contributed by atoms with van der Waals surface area (Å²) in [7, 11) is 0. The second kappa shape index (κ2) is 6.06. The van der Waals surface area contributed by atoms with Crippen molar-refractivity contribution in [3.63, 3.8) is 0 Å². The van der Waals surface area contributed by atoms with Crippen molar-refractivity contribution < 1.29 is 9.53 Å². The minimum absolute atomic E-state index is 0.0187. The number of anilines is 1. The number of nitrogens with one attached hydrogen (secondary N) is 1. The minimum Gasteiger partial charge on any atom is -0.494 e. The number of ether oxygens (including phenoxy) is 1. The lowest BCUT2D eigenvalue weighted by Crippen LogP contribution is -2.48. The third kappa shape index (κ3) is 3.96. The van der Waals surface area contributed by atoms with Crippen LogP contribution < -0.4 is 15.8 Å². The van der Waals surface area contributed by atoms with Crippen molar-refractivity contribution in [1.29, 1.82) is 0 Å². The lowest BCUT2D eigenvalue weighted by molar-refractivity contribution is -0.118. The summed E-state index contributed by atoms with van der Waals surface area (Å²) in [6, 6.07) is 7.47. The van der Waals surface area contributed by atoms with Gasteiger partial charge in [0.15, 0.2) is 0 Å². The Morgan fingerprint density at radius 1 is 1.47 bits per heavy atom. The van der Waals surface area contributed by atoms with Crippen LogP contribution in [0, 0.1) is 0 Å². The molecule has 1 aromatic rings. The van der Waals surface area contributed by atoms with E-state index in [9.17, 15) is 4.79 Å². The molecule has 0 saturated heterocycles. The molecule has 0 aromatic heterocycles. The summed E-state index contributed by atoms with van der Waals surface area (Å²) in [6.45, 7) is 2.74. The molecule has 1 amide bonds. The van der Waals surface area contributed by atoms with Crippen molar-refractivity contribution in [3.05, 3.63) is 24.3 Å². The quantitative estimate of drug-likeness (QED) is 0.828. The summed E-state index contributed by atoms with van der Waals surface area (Å²) < 4.78 is 5.53. The molecule has 19 heavy (non-hydrogen) atoms. The molecular formula is C15H22N2O2. The Hall–Kier alpha value is -1.55. The van der Waals surface area contributed by atoms with Gasteiger partial charge in [0.05, 0.1) is 6.61 Å². The van der Waals surface area contributed by atoms with Crippen LogP contribution in [0.4, 0.5) is 5.69 Å². The second-order valence-electron chi connectivity index (χ2n) is 5.32. The fraction of sp³-hybridized carbons (Fsp3) is 0.533. The topological polar surface area (TPSA) is 64.3 Å². The second-order valence-corrected chi connectivity index (χ2v) is 5.32. The number of rotatable bonds is 6. The highest BCUT2D eigenvalue weighted by molar-refractivity contribution is 5.91.